The lowest BCUT2D eigenvalue weighted by atomic mass is 10.1. The first-order chi connectivity index (χ1) is 12.2. The number of hydrogen-bond acceptors (Lipinski definition) is 2. The molecule has 3 nitrogen and oxygen atoms in total. The van der Waals surface area contributed by atoms with Crippen molar-refractivity contribution in [2.24, 2.45) is 0 Å². The zero-order valence-electron chi connectivity index (χ0n) is 14.1. The molecule has 0 saturated heterocycles. The number of carbonyl (C=O) groups is 1. The molecule has 1 amide bonds. The minimum Gasteiger partial charge on any atom is -0.326 e. The largest absolute Gasteiger partial charge is 0.326 e. The Labute approximate surface area is 148 Å². The van der Waals surface area contributed by atoms with Gasteiger partial charge in [0.25, 0.3) is 0 Å². The molecule has 0 atom stereocenters. The molecule has 0 aliphatic rings. The van der Waals surface area contributed by atoms with Gasteiger partial charge in [-0.15, -0.1) is 0 Å². The van der Waals surface area contributed by atoms with Gasteiger partial charge in [-0.2, -0.15) is 0 Å². The van der Waals surface area contributed by atoms with Crippen molar-refractivity contribution in [2.75, 3.05) is 5.32 Å². The first kappa shape index (κ1) is 16.7. The number of amides is 1. The van der Waals surface area contributed by atoms with Crippen LogP contribution < -0.4 is 5.32 Å². The van der Waals surface area contributed by atoms with E-state index in [4.69, 9.17) is 0 Å². The highest BCUT2D eigenvalue weighted by molar-refractivity contribution is 5.92. The van der Waals surface area contributed by atoms with Crippen molar-refractivity contribution in [3.05, 3.63) is 95.3 Å². The third-order valence-corrected chi connectivity index (χ3v) is 3.92. The minimum atomic E-state index is -0.0137. The molecule has 25 heavy (non-hydrogen) atoms. The van der Waals surface area contributed by atoms with Gasteiger partial charge in [0, 0.05) is 11.9 Å². The summed E-state index contributed by atoms with van der Waals surface area (Å²) in [6.07, 6.45) is 6.08. The summed E-state index contributed by atoms with van der Waals surface area (Å²) >= 11 is 0. The maximum absolute atomic E-state index is 12.3. The summed E-state index contributed by atoms with van der Waals surface area (Å²) in [6.45, 7) is 2.02. The van der Waals surface area contributed by atoms with Crippen LogP contribution in [-0.2, 0) is 11.2 Å². The van der Waals surface area contributed by atoms with Crippen LogP contribution in [-0.4, -0.2) is 10.9 Å². The van der Waals surface area contributed by atoms with Crippen molar-refractivity contribution in [1.82, 2.24) is 4.98 Å². The second-order valence-electron chi connectivity index (χ2n) is 5.86. The van der Waals surface area contributed by atoms with Crippen molar-refractivity contribution in [1.29, 1.82) is 0 Å². The van der Waals surface area contributed by atoms with Crippen LogP contribution in [0.2, 0.25) is 0 Å². The normalized spacial score (nSPS) is 10.8. The first-order valence-corrected chi connectivity index (χ1v) is 8.24. The van der Waals surface area contributed by atoms with Crippen molar-refractivity contribution in [3.63, 3.8) is 0 Å². The average Bonchev–Trinajstić information content (AvgIpc) is 2.63. The lowest BCUT2D eigenvalue weighted by Crippen LogP contribution is -2.15. The summed E-state index contributed by atoms with van der Waals surface area (Å²) < 4.78 is 0. The Hall–Kier alpha value is -3.20. The van der Waals surface area contributed by atoms with E-state index < -0.39 is 0 Å². The molecule has 0 bridgehead atoms. The van der Waals surface area contributed by atoms with Gasteiger partial charge < -0.3 is 5.32 Å². The zero-order valence-corrected chi connectivity index (χ0v) is 14.1. The molecule has 124 valence electrons. The molecule has 0 spiro atoms. The monoisotopic (exact) mass is 328 g/mol. The van der Waals surface area contributed by atoms with Crippen molar-refractivity contribution in [3.8, 4) is 0 Å². The number of nitrogens with zero attached hydrogens (tertiary/aromatic N) is 1. The van der Waals surface area contributed by atoms with Crippen LogP contribution in [0.3, 0.4) is 0 Å². The van der Waals surface area contributed by atoms with Gasteiger partial charge in [-0.3, -0.25) is 9.78 Å². The summed E-state index contributed by atoms with van der Waals surface area (Å²) in [7, 11) is 0. The lowest BCUT2D eigenvalue weighted by Gasteiger charge is -2.08. The van der Waals surface area contributed by atoms with E-state index in [0.29, 0.717) is 6.42 Å². The number of benzene rings is 2. The number of aryl methyl sites for hydroxylation is 1. The predicted octanol–water partition coefficient (Wildman–Crippen LogP) is 4.74. The van der Waals surface area contributed by atoms with Crippen molar-refractivity contribution in [2.45, 2.75) is 13.3 Å². The zero-order chi connectivity index (χ0) is 17.5. The molecule has 0 aliphatic carbocycles. The van der Waals surface area contributed by atoms with Crippen LogP contribution in [0, 0.1) is 6.92 Å². The second-order valence-corrected chi connectivity index (χ2v) is 5.86. The number of carbonyl (C=O) groups excluding carboxylic acids is 1. The SMILES string of the molecule is Cc1ccccc1CC(=O)Nc1cccc(C=Cc2ccccn2)c1. The molecule has 0 unspecified atom stereocenters. The van der Waals surface area contributed by atoms with Crippen molar-refractivity contribution < 1.29 is 4.79 Å². The van der Waals surface area contributed by atoms with Gasteiger partial charge in [-0.1, -0.05) is 48.5 Å². The van der Waals surface area contributed by atoms with Crippen LogP contribution in [0.25, 0.3) is 12.2 Å². The van der Waals surface area contributed by atoms with Crippen LogP contribution in [0.15, 0.2) is 72.9 Å². The summed E-state index contributed by atoms with van der Waals surface area (Å²) in [5.74, 6) is -0.0137. The lowest BCUT2D eigenvalue weighted by molar-refractivity contribution is -0.115. The number of anilines is 1. The van der Waals surface area contributed by atoms with Gasteiger partial charge in [0.05, 0.1) is 12.1 Å². The molecule has 0 aliphatic heterocycles. The summed E-state index contributed by atoms with van der Waals surface area (Å²) in [4.78, 5) is 16.5. The second kappa shape index (κ2) is 8.06. The number of aromatic nitrogens is 1. The Bertz CT molecular complexity index is 885. The molecule has 3 rings (SSSR count). The highest BCUT2D eigenvalue weighted by Gasteiger charge is 2.06. The van der Waals surface area contributed by atoms with Crippen LogP contribution in [0.1, 0.15) is 22.4 Å². The fourth-order valence-electron chi connectivity index (χ4n) is 2.56. The minimum absolute atomic E-state index is 0.0137. The molecule has 3 heteroatoms. The van der Waals surface area contributed by atoms with E-state index in [1.807, 2.05) is 85.8 Å². The molecule has 2 aromatic carbocycles. The van der Waals surface area contributed by atoms with Gasteiger partial charge >= 0.3 is 0 Å². The van der Waals surface area contributed by atoms with Gasteiger partial charge in [0.1, 0.15) is 0 Å². The van der Waals surface area contributed by atoms with E-state index in [9.17, 15) is 4.79 Å². The van der Waals surface area contributed by atoms with Crippen LogP contribution in [0.5, 0.6) is 0 Å². The van der Waals surface area contributed by atoms with Gasteiger partial charge in [0.15, 0.2) is 0 Å². The van der Waals surface area contributed by atoms with Crippen LogP contribution in [0.4, 0.5) is 5.69 Å². The van der Waals surface area contributed by atoms with Gasteiger partial charge in [-0.05, 0) is 54.0 Å². The molecule has 0 radical (unpaired) electrons. The van der Waals surface area contributed by atoms with E-state index in [1.54, 1.807) is 6.20 Å². The van der Waals surface area contributed by atoms with E-state index in [1.165, 1.54) is 0 Å². The van der Waals surface area contributed by atoms with E-state index >= 15 is 0 Å². The molecule has 1 aromatic heterocycles. The first-order valence-electron chi connectivity index (χ1n) is 8.24. The molecule has 0 fully saturated rings. The van der Waals surface area contributed by atoms with E-state index in [-0.39, 0.29) is 5.91 Å². The third-order valence-electron chi connectivity index (χ3n) is 3.92. The standard InChI is InChI=1S/C22H20N2O/c1-17-7-2-3-9-19(17)16-22(25)24-21-11-6-8-18(15-21)12-13-20-10-4-5-14-23-20/h2-15H,16H2,1H3,(H,24,25). The number of hydrogen-bond donors (Lipinski definition) is 1. The molecule has 0 saturated carbocycles. The summed E-state index contributed by atoms with van der Waals surface area (Å²) in [5.41, 5.74) is 4.88. The molecular formula is C22H20N2O. The maximum Gasteiger partial charge on any atom is 0.228 e. The molecule has 3 aromatic rings. The number of rotatable bonds is 5. The Morgan fingerprint density at radius 1 is 1.00 bits per heavy atom. The van der Waals surface area contributed by atoms with Gasteiger partial charge in [0.2, 0.25) is 5.91 Å². The quantitative estimate of drug-likeness (QED) is 0.735. The Morgan fingerprint density at radius 2 is 1.84 bits per heavy atom. The molecule has 1 heterocycles. The Balaban J connectivity index is 1.66. The third kappa shape index (κ3) is 4.88. The smallest absolute Gasteiger partial charge is 0.228 e. The summed E-state index contributed by atoms with van der Waals surface area (Å²) in [6, 6.07) is 21.5. The highest BCUT2D eigenvalue weighted by Crippen LogP contribution is 2.15. The van der Waals surface area contributed by atoms with E-state index in [0.717, 1.165) is 28.1 Å². The molecular weight excluding hydrogens is 308 g/mol. The maximum atomic E-state index is 12.3. The fraction of sp³-hybridized carbons (Fsp3) is 0.0909. The number of pyridine rings is 1. The topological polar surface area (TPSA) is 42.0 Å². The highest BCUT2D eigenvalue weighted by atomic mass is 16.1. The molecule has 1 N–H and O–H groups in total. The Morgan fingerprint density at radius 3 is 2.64 bits per heavy atom. The van der Waals surface area contributed by atoms with Gasteiger partial charge in [-0.25, -0.2) is 0 Å². The van der Waals surface area contributed by atoms with E-state index in [2.05, 4.69) is 10.3 Å². The fourth-order valence-corrected chi connectivity index (χ4v) is 2.56. The number of nitrogens with one attached hydrogen (secondary N) is 1. The average molecular weight is 328 g/mol. The summed E-state index contributed by atoms with van der Waals surface area (Å²) in [5, 5.41) is 2.97. The Kier molecular flexibility index (Phi) is 5.37. The predicted molar refractivity (Wildman–Crippen MR) is 103 cm³/mol. The van der Waals surface area contributed by atoms with Crippen LogP contribution >= 0.6 is 0 Å². The van der Waals surface area contributed by atoms with Crippen molar-refractivity contribution >= 4 is 23.7 Å².